The first-order valence-electron chi connectivity index (χ1n) is 7.62. The Labute approximate surface area is 131 Å². The number of unbranched alkanes of at least 4 members (excludes halogenated alkanes) is 1. The molecule has 0 aromatic heterocycles. The number of rotatable bonds is 10. The van der Waals surface area contributed by atoms with E-state index in [1.807, 2.05) is 37.3 Å². The highest BCUT2D eigenvalue weighted by Crippen LogP contribution is 2.16. The lowest BCUT2D eigenvalue weighted by Gasteiger charge is -2.22. The lowest BCUT2D eigenvalue weighted by molar-refractivity contribution is -0.158. The Morgan fingerprint density at radius 3 is 2.50 bits per heavy atom. The van der Waals surface area contributed by atoms with E-state index in [0.29, 0.717) is 19.6 Å². The normalized spacial score (nSPS) is 15.1. The topological polar surface area (TPSA) is 76.0 Å². The second kappa shape index (κ2) is 10.3. The Morgan fingerprint density at radius 1 is 1.18 bits per heavy atom. The molecule has 0 saturated heterocycles. The van der Waals surface area contributed by atoms with Gasteiger partial charge in [-0.1, -0.05) is 43.7 Å². The van der Waals surface area contributed by atoms with Crippen LogP contribution in [0, 0.1) is 5.92 Å². The zero-order chi connectivity index (χ0) is 16.4. The molecule has 0 aliphatic heterocycles. The van der Waals surface area contributed by atoms with Crippen LogP contribution in [0.5, 0.6) is 0 Å². The van der Waals surface area contributed by atoms with Crippen molar-refractivity contribution in [2.75, 3.05) is 13.7 Å². The summed E-state index contributed by atoms with van der Waals surface area (Å²) in [7, 11) is 1.19. The number of ether oxygens (including phenoxy) is 2. The Bertz CT molecular complexity index is 420. The third-order valence-corrected chi connectivity index (χ3v) is 3.66. The zero-order valence-electron chi connectivity index (χ0n) is 13.3. The van der Waals surface area contributed by atoms with Crippen molar-refractivity contribution < 1.29 is 24.5 Å². The molecule has 2 N–H and O–H groups in total. The molecule has 124 valence electrons. The molecule has 1 aromatic rings. The van der Waals surface area contributed by atoms with Gasteiger partial charge in [0.25, 0.3) is 0 Å². The molecule has 0 amide bonds. The molecule has 3 atom stereocenters. The number of aliphatic hydroxyl groups is 2. The zero-order valence-corrected chi connectivity index (χ0v) is 13.3. The Balaban J connectivity index is 2.12. The third-order valence-electron chi connectivity index (χ3n) is 3.66. The molecule has 0 spiro atoms. The van der Waals surface area contributed by atoms with E-state index >= 15 is 0 Å². The highest BCUT2D eigenvalue weighted by molar-refractivity contribution is 5.74. The first-order valence-corrected chi connectivity index (χ1v) is 7.62. The predicted octanol–water partition coefficient (Wildman–Crippen LogP) is 1.90. The fourth-order valence-corrected chi connectivity index (χ4v) is 2.18. The SMILES string of the molecule is COC(=O)[C@H](O)[C@@H](O)[C@@H](C)CCCCOCc1ccccc1. The van der Waals surface area contributed by atoms with E-state index in [1.165, 1.54) is 7.11 Å². The predicted molar refractivity (Wildman–Crippen MR) is 83.1 cm³/mol. The number of aliphatic hydroxyl groups excluding tert-OH is 2. The lowest BCUT2D eigenvalue weighted by atomic mass is 9.94. The number of hydrogen-bond acceptors (Lipinski definition) is 5. The summed E-state index contributed by atoms with van der Waals surface area (Å²) in [6, 6.07) is 9.97. The molecule has 5 heteroatoms. The summed E-state index contributed by atoms with van der Waals surface area (Å²) in [5, 5.41) is 19.4. The largest absolute Gasteiger partial charge is 0.467 e. The minimum absolute atomic E-state index is 0.178. The molecule has 1 aromatic carbocycles. The first-order chi connectivity index (χ1) is 10.6. The van der Waals surface area contributed by atoms with E-state index in [0.717, 1.165) is 18.4 Å². The molecule has 1 rings (SSSR count). The van der Waals surface area contributed by atoms with Crippen LogP contribution in [0.1, 0.15) is 31.7 Å². The molecule has 22 heavy (non-hydrogen) atoms. The van der Waals surface area contributed by atoms with E-state index in [-0.39, 0.29) is 5.92 Å². The molecule has 5 nitrogen and oxygen atoms in total. The second-order valence-electron chi connectivity index (χ2n) is 5.47. The molecule has 0 unspecified atom stereocenters. The van der Waals surface area contributed by atoms with Gasteiger partial charge in [-0.05, 0) is 24.3 Å². The van der Waals surface area contributed by atoms with Crippen LogP contribution in [0.2, 0.25) is 0 Å². The summed E-state index contributed by atoms with van der Waals surface area (Å²) >= 11 is 0. The molecule has 0 heterocycles. The number of methoxy groups -OCH3 is 1. The first kappa shape index (κ1) is 18.6. The number of hydrogen-bond donors (Lipinski definition) is 2. The highest BCUT2D eigenvalue weighted by Gasteiger charge is 2.29. The molecule has 0 aliphatic rings. The van der Waals surface area contributed by atoms with Crippen molar-refractivity contribution in [1.29, 1.82) is 0 Å². The van der Waals surface area contributed by atoms with Crippen molar-refractivity contribution in [1.82, 2.24) is 0 Å². The van der Waals surface area contributed by atoms with Gasteiger partial charge in [-0.2, -0.15) is 0 Å². The Morgan fingerprint density at radius 2 is 1.86 bits per heavy atom. The summed E-state index contributed by atoms with van der Waals surface area (Å²) in [6.07, 6.45) is -0.129. The molecule has 0 saturated carbocycles. The summed E-state index contributed by atoms with van der Waals surface area (Å²) < 4.78 is 9.99. The van der Waals surface area contributed by atoms with E-state index in [1.54, 1.807) is 0 Å². The average molecular weight is 310 g/mol. The van der Waals surface area contributed by atoms with Gasteiger partial charge in [-0.25, -0.2) is 4.79 Å². The average Bonchev–Trinajstić information content (AvgIpc) is 2.56. The lowest BCUT2D eigenvalue weighted by Crippen LogP contribution is -2.39. The fourth-order valence-electron chi connectivity index (χ4n) is 2.18. The van der Waals surface area contributed by atoms with E-state index in [9.17, 15) is 15.0 Å². The molecule has 0 aliphatic carbocycles. The van der Waals surface area contributed by atoms with Crippen LogP contribution in [0.3, 0.4) is 0 Å². The van der Waals surface area contributed by atoms with Crippen molar-refractivity contribution in [2.24, 2.45) is 5.92 Å². The van der Waals surface area contributed by atoms with Crippen molar-refractivity contribution in [3.8, 4) is 0 Å². The van der Waals surface area contributed by atoms with Gasteiger partial charge < -0.3 is 19.7 Å². The van der Waals surface area contributed by atoms with Gasteiger partial charge in [0.1, 0.15) is 0 Å². The van der Waals surface area contributed by atoms with E-state index in [2.05, 4.69) is 4.74 Å². The van der Waals surface area contributed by atoms with Gasteiger partial charge in [0.05, 0.1) is 19.8 Å². The highest BCUT2D eigenvalue weighted by atomic mass is 16.5. The van der Waals surface area contributed by atoms with Crippen LogP contribution in [0.4, 0.5) is 0 Å². The van der Waals surface area contributed by atoms with Gasteiger partial charge >= 0.3 is 5.97 Å². The number of esters is 1. The number of carbonyl (C=O) groups excluding carboxylic acids is 1. The van der Waals surface area contributed by atoms with Crippen LogP contribution >= 0.6 is 0 Å². The monoisotopic (exact) mass is 310 g/mol. The molecule has 0 fully saturated rings. The van der Waals surface area contributed by atoms with E-state index < -0.39 is 18.2 Å². The van der Waals surface area contributed by atoms with Crippen LogP contribution in [-0.4, -0.2) is 42.1 Å². The maximum Gasteiger partial charge on any atom is 0.337 e. The number of carbonyl (C=O) groups is 1. The van der Waals surface area contributed by atoms with Gasteiger partial charge in [0.2, 0.25) is 0 Å². The smallest absolute Gasteiger partial charge is 0.337 e. The Hall–Kier alpha value is -1.43. The Kier molecular flexibility index (Phi) is 8.74. The molecule has 0 bridgehead atoms. The minimum atomic E-state index is -1.48. The van der Waals surface area contributed by atoms with Crippen LogP contribution < -0.4 is 0 Å². The van der Waals surface area contributed by atoms with Crippen molar-refractivity contribution in [3.05, 3.63) is 35.9 Å². The quantitative estimate of drug-likeness (QED) is 0.510. The van der Waals surface area contributed by atoms with Crippen molar-refractivity contribution in [2.45, 2.75) is 45.0 Å². The van der Waals surface area contributed by atoms with Gasteiger partial charge in [0, 0.05) is 6.61 Å². The van der Waals surface area contributed by atoms with Crippen LogP contribution in [-0.2, 0) is 20.9 Å². The molecule has 0 radical (unpaired) electrons. The molecular weight excluding hydrogens is 284 g/mol. The van der Waals surface area contributed by atoms with Crippen LogP contribution in [0.25, 0.3) is 0 Å². The van der Waals surface area contributed by atoms with E-state index in [4.69, 9.17) is 4.74 Å². The standard InChI is InChI=1S/C17H26O5/c1-13(15(18)16(19)17(20)21-2)8-6-7-11-22-12-14-9-4-3-5-10-14/h3-5,9-10,13,15-16,18-19H,6-8,11-12H2,1-2H3/t13-,15-,16+/m0/s1. The van der Waals surface area contributed by atoms with Gasteiger partial charge in [0.15, 0.2) is 6.10 Å². The number of benzene rings is 1. The molecular formula is C17H26O5. The maximum absolute atomic E-state index is 11.2. The van der Waals surface area contributed by atoms with Crippen LogP contribution in [0.15, 0.2) is 30.3 Å². The fraction of sp³-hybridized carbons (Fsp3) is 0.588. The van der Waals surface area contributed by atoms with Crippen molar-refractivity contribution >= 4 is 5.97 Å². The van der Waals surface area contributed by atoms with Crippen molar-refractivity contribution in [3.63, 3.8) is 0 Å². The van der Waals surface area contributed by atoms with Gasteiger partial charge in [-0.3, -0.25) is 0 Å². The summed E-state index contributed by atoms with van der Waals surface area (Å²) in [5.74, 6) is -0.978. The summed E-state index contributed by atoms with van der Waals surface area (Å²) in [6.45, 7) is 3.05. The summed E-state index contributed by atoms with van der Waals surface area (Å²) in [4.78, 5) is 11.2. The third kappa shape index (κ3) is 6.56. The van der Waals surface area contributed by atoms with Gasteiger partial charge in [-0.15, -0.1) is 0 Å². The minimum Gasteiger partial charge on any atom is -0.467 e. The maximum atomic E-state index is 11.2. The summed E-state index contributed by atoms with van der Waals surface area (Å²) in [5.41, 5.74) is 1.15. The second-order valence-corrected chi connectivity index (χ2v) is 5.47.